The summed E-state index contributed by atoms with van der Waals surface area (Å²) in [6.07, 6.45) is -10.9. The van der Waals surface area contributed by atoms with Gasteiger partial charge in [0.1, 0.15) is 0 Å². The lowest BCUT2D eigenvalue weighted by Gasteiger charge is -2.24. The van der Waals surface area contributed by atoms with Crippen LogP contribution < -0.4 is 10.6 Å². The number of alkyl halides is 9. The van der Waals surface area contributed by atoms with Gasteiger partial charge in [-0.15, -0.1) is 0 Å². The van der Waals surface area contributed by atoms with E-state index in [9.17, 15) is 44.3 Å². The number of urea groups is 1. The van der Waals surface area contributed by atoms with Gasteiger partial charge in [0.05, 0.1) is 22.9 Å². The zero-order chi connectivity index (χ0) is 29.3. The van der Waals surface area contributed by atoms with E-state index in [2.05, 4.69) is 15.6 Å². The zero-order valence-electron chi connectivity index (χ0n) is 19.9. The van der Waals surface area contributed by atoms with Crippen LogP contribution in [0.15, 0.2) is 42.6 Å². The molecule has 38 heavy (non-hydrogen) atoms. The largest absolute Gasteiger partial charge is 0.490 e. The van der Waals surface area contributed by atoms with Crippen LogP contribution in [0.4, 0.5) is 44.3 Å². The molecule has 0 radical (unpaired) electrons. The van der Waals surface area contributed by atoms with Crippen molar-refractivity contribution in [2.45, 2.75) is 63.7 Å². The Morgan fingerprint density at radius 3 is 1.92 bits per heavy atom. The quantitative estimate of drug-likeness (QED) is 0.328. The molecule has 3 N–H and O–H groups in total. The predicted molar refractivity (Wildman–Crippen MR) is 117 cm³/mol. The molecule has 0 saturated heterocycles. The summed E-state index contributed by atoms with van der Waals surface area (Å²) in [5.41, 5.74) is -2.51. The molecular formula is C23H24F9N3O3. The first-order valence-electron chi connectivity index (χ1n) is 10.9. The number of hydrogen-bond donors (Lipinski definition) is 3. The van der Waals surface area contributed by atoms with Gasteiger partial charge in [-0.05, 0) is 43.2 Å². The van der Waals surface area contributed by atoms with Gasteiger partial charge in [0.2, 0.25) is 0 Å². The molecule has 1 aromatic heterocycles. The molecule has 2 rings (SSSR count). The number of nitrogens with one attached hydrogen (secondary N) is 2. The molecule has 0 spiro atoms. The van der Waals surface area contributed by atoms with Crippen molar-refractivity contribution < 1.29 is 54.2 Å². The fraction of sp³-hybridized carbons (Fsp3) is 0.435. The summed E-state index contributed by atoms with van der Waals surface area (Å²) >= 11 is 0. The molecule has 0 aliphatic carbocycles. The van der Waals surface area contributed by atoms with E-state index in [0.29, 0.717) is 6.42 Å². The number of nitrogens with zero attached hydrogens (tertiary/aromatic N) is 1. The average Bonchev–Trinajstić information content (AvgIpc) is 2.80. The lowest BCUT2D eigenvalue weighted by Crippen LogP contribution is -2.43. The molecule has 2 amide bonds. The van der Waals surface area contributed by atoms with Gasteiger partial charge < -0.3 is 15.7 Å². The third kappa shape index (κ3) is 10.5. The third-order valence-electron chi connectivity index (χ3n) is 4.87. The molecule has 2 atom stereocenters. The number of halogens is 9. The SMILES string of the molecule is CCCC[C@H](C)NC(=O)N[C@@H](c1ccc(C(F)(F)F)cc1)c1ncccc1C(F)(F)F.O=C(O)C(F)(F)F. The highest BCUT2D eigenvalue weighted by Crippen LogP contribution is 2.36. The highest BCUT2D eigenvalue weighted by molar-refractivity contribution is 5.75. The second-order valence-electron chi connectivity index (χ2n) is 7.95. The molecule has 1 aromatic carbocycles. The molecule has 0 fully saturated rings. The molecule has 1 heterocycles. The number of aliphatic carboxylic acids is 1. The van der Waals surface area contributed by atoms with Crippen molar-refractivity contribution in [2.75, 3.05) is 0 Å². The highest BCUT2D eigenvalue weighted by atomic mass is 19.4. The van der Waals surface area contributed by atoms with Gasteiger partial charge in [-0.3, -0.25) is 4.98 Å². The maximum absolute atomic E-state index is 13.5. The van der Waals surface area contributed by atoms with Crippen LogP contribution in [-0.4, -0.2) is 34.3 Å². The Hall–Kier alpha value is -3.52. The van der Waals surface area contributed by atoms with Crippen LogP contribution in [0.5, 0.6) is 0 Å². The Balaban J connectivity index is 0.000000905. The Bertz CT molecular complexity index is 1050. The number of pyridine rings is 1. The van der Waals surface area contributed by atoms with Crippen LogP contribution in [0, 0.1) is 0 Å². The normalized spacial score (nSPS) is 13.6. The Kier molecular flexibility index (Phi) is 11.4. The topological polar surface area (TPSA) is 91.3 Å². The van der Waals surface area contributed by atoms with Crippen molar-refractivity contribution in [2.24, 2.45) is 0 Å². The van der Waals surface area contributed by atoms with Crippen LogP contribution >= 0.6 is 0 Å². The fourth-order valence-electron chi connectivity index (χ4n) is 3.04. The number of amides is 2. The number of carboxylic acids is 1. The van der Waals surface area contributed by atoms with E-state index in [-0.39, 0.29) is 11.6 Å². The second-order valence-corrected chi connectivity index (χ2v) is 7.95. The molecule has 212 valence electrons. The number of unbranched alkanes of at least 4 members (excludes halogenated alkanes) is 1. The van der Waals surface area contributed by atoms with E-state index < -0.39 is 53.4 Å². The molecule has 0 bridgehead atoms. The van der Waals surface area contributed by atoms with Gasteiger partial charge in [0.25, 0.3) is 0 Å². The van der Waals surface area contributed by atoms with Gasteiger partial charge >= 0.3 is 30.5 Å². The van der Waals surface area contributed by atoms with Crippen LogP contribution in [-0.2, 0) is 17.1 Å². The van der Waals surface area contributed by atoms with E-state index in [1.807, 2.05) is 6.92 Å². The molecule has 2 aromatic rings. The first-order valence-corrected chi connectivity index (χ1v) is 10.9. The lowest BCUT2D eigenvalue weighted by atomic mass is 9.98. The van der Waals surface area contributed by atoms with Crippen LogP contribution in [0.1, 0.15) is 61.5 Å². The molecule has 0 aliphatic heterocycles. The highest BCUT2D eigenvalue weighted by Gasteiger charge is 2.39. The number of aromatic nitrogens is 1. The van der Waals surface area contributed by atoms with Crippen molar-refractivity contribution in [3.05, 3.63) is 65.0 Å². The number of carbonyl (C=O) groups is 2. The van der Waals surface area contributed by atoms with Gasteiger partial charge in [-0.2, -0.15) is 39.5 Å². The first-order chi connectivity index (χ1) is 17.4. The van der Waals surface area contributed by atoms with Gasteiger partial charge in [-0.25, -0.2) is 9.59 Å². The van der Waals surface area contributed by atoms with Crippen molar-refractivity contribution >= 4 is 12.0 Å². The first kappa shape index (κ1) is 32.5. The summed E-state index contributed by atoms with van der Waals surface area (Å²) in [6.45, 7) is 3.73. The van der Waals surface area contributed by atoms with E-state index in [1.54, 1.807) is 6.92 Å². The van der Waals surface area contributed by atoms with Crippen LogP contribution in [0.25, 0.3) is 0 Å². The van der Waals surface area contributed by atoms with Gasteiger partial charge in [-0.1, -0.05) is 31.9 Å². The summed E-state index contributed by atoms with van der Waals surface area (Å²) < 4.78 is 111. The van der Waals surface area contributed by atoms with E-state index in [4.69, 9.17) is 9.90 Å². The fourth-order valence-corrected chi connectivity index (χ4v) is 3.04. The summed E-state index contributed by atoms with van der Waals surface area (Å²) in [6, 6.07) is 3.09. The van der Waals surface area contributed by atoms with E-state index in [0.717, 1.165) is 55.4 Å². The minimum atomic E-state index is -5.08. The van der Waals surface area contributed by atoms with Crippen molar-refractivity contribution in [1.82, 2.24) is 15.6 Å². The zero-order valence-corrected chi connectivity index (χ0v) is 19.9. The number of hydrogen-bond acceptors (Lipinski definition) is 3. The third-order valence-corrected chi connectivity index (χ3v) is 4.87. The molecule has 0 aliphatic rings. The van der Waals surface area contributed by atoms with E-state index >= 15 is 0 Å². The standard InChI is InChI=1S/C21H23F6N3O.C2HF3O2/c1-3-4-6-13(2)29-19(31)30-17(14-8-10-15(11-9-14)20(22,23)24)18-16(21(25,26)27)7-5-12-28-18;3-2(4,5)1(6)7/h5,7-13,17H,3-4,6H2,1-2H3,(H2,29,30,31);(H,6,7)/t13-,17-;/m0./s1. The van der Waals surface area contributed by atoms with Crippen molar-refractivity contribution in [3.8, 4) is 0 Å². The summed E-state index contributed by atoms with van der Waals surface area (Å²) in [4.78, 5) is 25.1. The average molecular weight is 561 g/mol. The van der Waals surface area contributed by atoms with Gasteiger partial charge in [0, 0.05) is 12.2 Å². The number of benzene rings is 1. The second kappa shape index (κ2) is 13.3. The number of carbonyl (C=O) groups excluding carboxylic acids is 1. The minimum absolute atomic E-state index is 0.0357. The molecule has 0 unspecified atom stereocenters. The summed E-state index contributed by atoms with van der Waals surface area (Å²) in [7, 11) is 0. The summed E-state index contributed by atoms with van der Waals surface area (Å²) in [5.74, 6) is -2.76. The molecule has 15 heteroatoms. The number of rotatable bonds is 7. The molecule has 0 saturated carbocycles. The predicted octanol–water partition coefficient (Wildman–Crippen LogP) is 6.72. The van der Waals surface area contributed by atoms with E-state index in [1.165, 1.54) is 0 Å². The lowest BCUT2D eigenvalue weighted by molar-refractivity contribution is -0.192. The van der Waals surface area contributed by atoms with Crippen LogP contribution in [0.3, 0.4) is 0 Å². The maximum Gasteiger partial charge on any atom is 0.490 e. The van der Waals surface area contributed by atoms with Gasteiger partial charge in [0.15, 0.2) is 0 Å². The monoisotopic (exact) mass is 561 g/mol. The molecular weight excluding hydrogens is 537 g/mol. The van der Waals surface area contributed by atoms with Crippen LogP contribution in [0.2, 0.25) is 0 Å². The molecule has 6 nitrogen and oxygen atoms in total. The Morgan fingerprint density at radius 1 is 0.921 bits per heavy atom. The summed E-state index contributed by atoms with van der Waals surface area (Å²) in [5, 5.41) is 12.2. The maximum atomic E-state index is 13.5. The van der Waals surface area contributed by atoms with Crippen molar-refractivity contribution in [3.63, 3.8) is 0 Å². The smallest absolute Gasteiger partial charge is 0.475 e. The minimum Gasteiger partial charge on any atom is -0.475 e. The number of carboxylic acid groups (broad SMARTS) is 1. The Morgan fingerprint density at radius 2 is 1.47 bits per heavy atom. The Labute approximate surface area is 211 Å². The van der Waals surface area contributed by atoms with Crippen molar-refractivity contribution in [1.29, 1.82) is 0 Å².